The van der Waals surface area contributed by atoms with Crippen molar-refractivity contribution in [3.8, 4) is 0 Å². The van der Waals surface area contributed by atoms with Crippen molar-refractivity contribution in [3.63, 3.8) is 0 Å². The minimum Gasteiger partial charge on any atom is -0.456 e. The highest BCUT2D eigenvalue weighted by atomic mass is 32.1. The first-order valence-corrected chi connectivity index (χ1v) is 12.3. The Labute approximate surface area is 211 Å². The molecule has 3 aromatic rings. The summed E-state index contributed by atoms with van der Waals surface area (Å²) >= 11 is 4.96. The summed E-state index contributed by atoms with van der Waals surface area (Å²) in [6.07, 6.45) is 0. The lowest BCUT2D eigenvalue weighted by atomic mass is 10.00. The largest absolute Gasteiger partial charge is 0.456 e. The van der Waals surface area contributed by atoms with Gasteiger partial charge in [-0.1, -0.05) is 12.1 Å². The van der Waals surface area contributed by atoms with E-state index in [1.165, 1.54) is 0 Å². The number of carbonyl (C=O) groups excluding carboxylic acids is 1. The average Bonchev–Trinajstić information content (AvgIpc) is 2.78. The molecule has 1 aliphatic heterocycles. The fraction of sp³-hybridized carbons (Fsp3) is 0.407. The van der Waals surface area contributed by atoms with Gasteiger partial charge in [-0.15, -0.1) is 12.6 Å². The zero-order valence-corrected chi connectivity index (χ0v) is 21.8. The number of nitrogens with zero attached hydrogens (tertiary/aromatic N) is 1. The standard InChI is InChI=1S/C27H33N3O4S/c1-17-14-19-22(31)16-23(30-12-10-28-11-13-30)33-24(19)20(15-17)27(5,35)29-21-9-7-6-8-18(21)25(32)34-26(2,3)4/h6-9,14-16,28-29,35H,10-13H2,1-5H3/t27-/m0/s1. The number of carbonyl (C=O) groups is 1. The number of anilines is 2. The molecule has 0 unspecified atom stereocenters. The van der Waals surface area contributed by atoms with Gasteiger partial charge in [-0.2, -0.15) is 0 Å². The number of esters is 1. The van der Waals surface area contributed by atoms with E-state index in [4.69, 9.17) is 21.8 Å². The molecule has 0 spiro atoms. The first-order valence-electron chi connectivity index (χ1n) is 11.8. The van der Waals surface area contributed by atoms with Gasteiger partial charge >= 0.3 is 5.97 Å². The summed E-state index contributed by atoms with van der Waals surface area (Å²) in [5, 5.41) is 7.20. The Hall–Kier alpha value is -2.97. The second-order valence-corrected chi connectivity index (χ2v) is 11.0. The van der Waals surface area contributed by atoms with Crippen LogP contribution in [0.1, 0.15) is 49.2 Å². The second-order valence-electron chi connectivity index (χ2n) is 10.1. The molecular weight excluding hydrogens is 462 g/mol. The zero-order chi connectivity index (χ0) is 25.4. The minimum atomic E-state index is -0.972. The van der Waals surface area contributed by atoms with Crippen LogP contribution in [0.25, 0.3) is 11.0 Å². The van der Waals surface area contributed by atoms with Crippen LogP contribution in [0, 0.1) is 6.92 Å². The van der Waals surface area contributed by atoms with Crippen molar-refractivity contribution in [2.75, 3.05) is 36.4 Å². The molecule has 1 saturated heterocycles. The van der Waals surface area contributed by atoms with Gasteiger partial charge < -0.3 is 24.7 Å². The third kappa shape index (κ3) is 5.65. The van der Waals surface area contributed by atoms with Crippen molar-refractivity contribution >= 4 is 41.1 Å². The highest BCUT2D eigenvalue weighted by Gasteiger charge is 2.30. The molecule has 1 atom stereocenters. The lowest BCUT2D eigenvalue weighted by Crippen LogP contribution is -2.43. The monoisotopic (exact) mass is 495 g/mol. The van der Waals surface area contributed by atoms with Crippen LogP contribution in [0.3, 0.4) is 0 Å². The lowest BCUT2D eigenvalue weighted by Gasteiger charge is -2.31. The first-order chi connectivity index (χ1) is 16.4. The van der Waals surface area contributed by atoms with Crippen molar-refractivity contribution < 1.29 is 13.9 Å². The van der Waals surface area contributed by atoms with Gasteiger partial charge in [-0.3, -0.25) is 4.79 Å². The molecule has 7 nitrogen and oxygen atoms in total. The van der Waals surface area contributed by atoms with Crippen molar-refractivity contribution in [1.29, 1.82) is 0 Å². The van der Waals surface area contributed by atoms with Gasteiger partial charge in [-0.05, 0) is 64.4 Å². The number of para-hydroxylation sites is 1. The number of thiol groups is 1. The molecule has 1 aromatic heterocycles. The maximum atomic E-state index is 13.1. The predicted molar refractivity (Wildman–Crippen MR) is 144 cm³/mol. The van der Waals surface area contributed by atoms with E-state index in [2.05, 4.69) is 15.5 Å². The topological polar surface area (TPSA) is 83.8 Å². The van der Waals surface area contributed by atoms with Gasteiger partial charge in [0.15, 0.2) is 11.3 Å². The molecule has 4 rings (SSSR count). The third-order valence-corrected chi connectivity index (χ3v) is 6.19. The molecule has 1 fully saturated rings. The summed E-state index contributed by atoms with van der Waals surface area (Å²) in [4.78, 5) is 27.1. The number of hydrogen-bond acceptors (Lipinski definition) is 8. The number of fused-ring (bicyclic) bond motifs is 1. The molecule has 8 heteroatoms. The Bertz CT molecular complexity index is 1300. The zero-order valence-electron chi connectivity index (χ0n) is 20.9. The van der Waals surface area contributed by atoms with E-state index < -0.39 is 16.4 Å². The van der Waals surface area contributed by atoms with E-state index in [1.807, 2.05) is 58.9 Å². The number of benzene rings is 2. The second kappa shape index (κ2) is 9.59. The van der Waals surface area contributed by atoms with Crippen LogP contribution in [-0.2, 0) is 9.61 Å². The molecule has 2 heterocycles. The Kier molecular flexibility index (Phi) is 6.88. The summed E-state index contributed by atoms with van der Waals surface area (Å²) in [6, 6.07) is 12.5. The van der Waals surface area contributed by atoms with Gasteiger partial charge in [0.2, 0.25) is 0 Å². The maximum Gasteiger partial charge on any atom is 0.340 e. The molecule has 0 saturated carbocycles. The molecule has 0 amide bonds. The summed E-state index contributed by atoms with van der Waals surface area (Å²) in [7, 11) is 0. The number of nitrogens with one attached hydrogen (secondary N) is 2. The Morgan fingerprint density at radius 2 is 1.80 bits per heavy atom. The molecule has 186 valence electrons. The van der Waals surface area contributed by atoms with E-state index in [0.29, 0.717) is 33.7 Å². The molecular formula is C27H33N3O4S. The summed E-state index contributed by atoms with van der Waals surface area (Å²) in [6.45, 7) is 12.5. The van der Waals surface area contributed by atoms with Crippen LogP contribution in [0.15, 0.2) is 51.7 Å². The normalized spacial score (nSPS) is 16.1. The third-order valence-electron chi connectivity index (χ3n) is 5.84. The SMILES string of the molecule is Cc1cc([C@](C)(S)Nc2ccccc2C(=O)OC(C)(C)C)c2oc(N3CCNCC3)cc(=O)c2c1. The van der Waals surface area contributed by atoms with Gasteiger partial charge in [-0.25, -0.2) is 4.79 Å². The van der Waals surface area contributed by atoms with E-state index in [0.717, 1.165) is 31.7 Å². The smallest absolute Gasteiger partial charge is 0.340 e. The lowest BCUT2D eigenvalue weighted by molar-refractivity contribution is 0.00706. The van der Waals surface area contributed by atoms with Crippen molar-refractivity contribution in [3.05, 3.63) is 69.4 Å². The molecule has 1 aliphatic rings. The van der Waals surface area contributed by atoms with Crippen LogP contribution < -0.4 is 21.0 Å². The molecule has 0 bridgehead atoms. The van der Waals surface area contributed by atoms with Crippen LogP contribution in [-0.4, -0.2) is 37.7 Å². The molecule has 2 N–H and O–H groups in total. The summed E-state index contributed by atoms with van der Waals surface area (Å²) in [5.41, 5.74) is 2.38. The average molecular weight is 496 g/mol. The summed E-state index contributed by atoms with van der Waals surface area (Å²) in [5.74, 6) is 0.124. The molecule has 35 heavy (non-hydrogen) atoms. The number of hydrogen-bond donors (Lipinski definition) is 3. The number of rotatable bonds is 5. The number of aryl methyl sites for hydroxylation is 1. The quantitative estimate of drug-likeness (QED) is 0.269. The maximum absolute atomic E-state index is 13.1. The fourth-order valence-electron chi connectivity index (χ4n) is 4.23. The van der Waals surface area contributed by atoms with Crippen LogP contribution in [0.2, 0.25) is 0 Å². The van der Waals surface area contributed by atoms with Crippen molar-refractivity contribution in [1.82, 2.24) is 5.32 Å². The minimum absolute atomic E-state index is 0.0944. The fourth-order valence-corrected chi connectivity index (χ4v) is 4.51. The summed E-state index contributed by atoms with van der Waals surface area (Å²) < 4.78 is 12.0. The highest BCUT2D eigenvalue weighted by molar-refractivity contribution is 7.81. The predicted octanol–water partition coefficient (Wildman–Crippen LogP) is 4.68. The Morgan fingerprint density at radius 1 is 1.11 bits per heavy atom. The van der Waals surface area contributed by atoms with Gasteiger partial charge in [0.05, 0.1) is 16.6 Å². The van der Waals surface area contributed by atoms with Gasteiger partial charge in [0.25, 0.3) is 0 Å². The van der Waals surface area contributed by atoms with E-state index >= 15 is 0 Å². The molecule has 0 radical (unpaired) electrons. The van der Waals surface area contributed by atoms with Crippen LogP contribution in [0.5, 0.6) is 0 Å². The molecule has 0 aliphatic carbocycles. The van der Waals surface area contributed by atoms with Crippen LogP contribution in [0.4, 0.5) is 11.6 Å². The first kappa shape index (κ1) is 25.1. The molecule has 2 aromatic carbocycles. The number of ether oxygens (including phenoxy) is 1. The Morgan fingerprint density at radius 3 is 2.49 bits per heavy atom. The Balaban J connectivity index is 1.78. The van der Waals surface area contributed by atoms with E-state index in [9.17, 15) is 9.59 Å². The number of piperazine rings is 1. The van der Waals surface area contributed by atoms with Crippen molar-refractivity contribution in [2.24, 2.45) is 0 Å². The van der Waals surface area contributed by atoms with E-state index in [-0.39, 0.29) is 5.43 Å². The highest BCUT2D eigenvalue weighted by Crippen LogP contribution is 2.37. The van der Waals surface area contributed by atoms with Crippen molar-refractivity contribution in [2.45, 2.75) is 45.1 Å². The van der Waals surface area contributed by atoms with Crippen LogP contribution >= 0.6 is 12.6 Å². The van der Waals surface area contributed by atoms with Gasteiger partial charge in [0.1, 0.15) is 16.1 Å². The van der Waals surface area contributed by atoms with Gasteiger partial charge in [0, 0.05) is 37.8 Å². The van der Waals surface area contributed by atoms with E-state index in [1.54, 1.807) is 18.2 Å².